The molecule has 3 rings (SSSR count). The lowest BCUT2D eigenvalue weighted by Gasteiger charge is -2.13. The zero-order valence-corrected chi connectivity index (χ0v) is 13.3. The van der Waals surface area contributed by atoms with Gasteiger partial charge in [-0.05, 0) is 31.5 Å². The molecule has 0 saturated heterocycles. The molecule has 0 aliphatic rings. The molecule has 0 aliphatic carbocycles. The predicted molar refractivity (Wildman–Crippen MR) is 83.8 cm³/mol. The van der Waals surface area contributed by atoms with Crippen molar-refractivity contribution in [2.75, 3.05) is 5.32 Å². The third-order valence-electron chi connectivity index (χ3n) is 3.49. The van der Waals surface area contributed by atoms with Crippen LogP contribution >= 0.6 is 0 Å². The van der Waals surface area contributed by atoms with Crippen LogP contribution in [-0.2, 0) is 0 Å². The van der Waals surface area contributed by atoms with Gasteiger partial charge in [-0.1, -0.05) is 6.07 Å². The van der Waals surface area contributed by atoms with Crippen molar-refractivity contribution in [3.63, 3.8) is 0 Å². The normalized spacial score (nSPS) is 12.2. The third kappa shape index (κ3) is 3.45. The predicted octanol–water partition coefficient (Wildman–Crippen LogP) is 3.06. The van der Waals surface area contributed by atoms with Gasteiger partial charge in [0.25, 0.3) is 0 Å². The van der Waals surface area contributed by atoms with Gasteiger partial charge in [0.1, 0.15) is 6.10 Å². The summed E-state index contributed by atoms with van der Waals surface area (Å²) in [7, 11) is 0. The van der Waals surface area contributed by atoms with Gasteiger partial charge in [0.05, 0.1) is 5.69 Å². The van der Waals surface area contributed by atoms with Crippen LogP contribution in [0.3, 0.4) is 0 Å². The van der Waals surface area contributed by atoms with Crippen molar-refractivity contribution in [1.29, 1.82) is 0 Å². The Bertz CT molecular complexity index is 928. The van der Waals surface area contributed by atoms with E-state index < -0.39 is 23.6 Å². The number of benzene rings is 1. The lowest BCUT2D eigenvalue weighted by Crippen LogP contribution is -2.11. The van der Waals surface area contributed by atoms with Gasteiger partial charge in [0.2, 0.25) is 0 Å². The maximum Gasteiger partial charge on any atom is 0.187 e. The molecule has 3 aromatic rings. The molecular weight excluding hydrogens is 335 g/mol. The number of aliphatic hydroxyl groups is 1. The van der Waals surface area contributed by atoms with Crippen molar-refractivity contribution >= 4 is 11.6 Å². The minimum absolute atomic E-state index is 0.0126. The molecule has 0 aliphatic heterocycles. The van der Waals surface area contributed by atoms with Gasteiger partial charge in [0.15, 0.2) is 34.9 Å². The van der Waals surface area contributed by atoms with Gasteiger partial charge in [-0.15, -0.1) is 0 Å². The fourth-order valence-corrected chi connectivity index (χ4v) is 2.22. The second kappa shape index (κ2) is 6.52. The van der Waals surface area contributed by atoms with Gasteiger partial charge >= 0.3 is 0 Å². The van der Waals surface area contributed by atoms with Gasteiger partial charge in [-0.3, -0.25) is 5.10 Å². The highest BCUT2D eigenvalue weighted by Gasteiger charge is 2.20. The number of rotatable bonds is 4. The van der Waals surface area contributed by atoms with E-state index in [-0.39, 0.29) is 22.9 Å². The van der Waals surface area contributed by atoms with Gasteiger partial charge < -0.3 is 10.4 Å². The van der Waals surface area contributed by atoms with Crippen LogP contribution in [0, 0.1) is 31.3 Å². The molecule has 0 radical (unpaired) electrons. The van der Waals surface area contributed by atoms with E-state index in [9.17, 15) is 18.3 Å². The van der Waals surface area contributed by atoms with Gasteiger partial charge in [-0.25, -0.2) is 23.1 Å². The van der Waals surface area contributed by atoms with Crippen LogP contribution in [0.25, 0.3) is 0 Å². The van der Waals surface area contributed by atoms with Crippen molar-refractivity contribution in [3.8, 4) is 0 Å². The second-order valence-corrected chi connectivity index (χ2v) is 5.47. The molecular formula is C16H14F3N5O. The molecule has 25 heavy (non-hydrogen) atoms. The van der Waals surface area contributed by atoms with E-state index in [4.69, 9.17) is 0 Å². The lowest BCUT2D eigenvalue weighted by atomic mass is 10.1. The molecule has 6 nitrogen and oxygen atoms in total. The maximum absolute atomic E-state index is 14.2. The van der Waals surface area contributed by atoms with Crippen molar-refractivity contribution in [3.05, 3.63) is 64.5 Å². The summed E-state index contributed by atoms with van der Waals surface area (Å²) in [6.07, 6.45) is -1.45. The second-order valence-electron chi connectivity index (χ2n) is 5.47. The molecule has 0 fully saturated rings. The minimum Gasteiger partial charge on any atom is -0.380 e. The summed E-state index contributed by atoms with van der Waals surface area (Å²) in [5, 5.41) is 19.6. The Balaban J connectivity index is 1.97. The lowest BCUT2D eigenvalue weighted by molar-refractivity contribution is 0.208. The Kier molecular flexibility index (Phi) is 4.41. The van der Waals surface area contributed by atoms with E-state index in [2.05, 4.69) is 25.5 Å². The summed E-state index contributed by atoms with van der Waals surface area (Å²) in [5.41, 5.74) is 0.795. The highest BCUT2D eigenvalue weighted by atomic mass is 19.2. The summed E-state index contributed by atoms with van der Waals surface area (Å²) in [6.45, 7) is 3.18. The van der Waals surface area contributed by atoms with Crippen LogP contribution in [-0.4, -0.2) is 25.3 Å². The first-order valence-corrected chi connectivity index (χ1v) is 7.31. The number of aromatic amines is 1. The molecule has 2 aromatic heterocycles. The Morgan fingerprint density at radius 2 is 1.84 bits per heavy atom. The van der Waals surface area contributed by atoms with E-state index in [0.29, 0.717) is 5.82 Å². The van der Waals surface area contributed by atoms with Crippen LogP contribution in [0.5, 0.6) is 0 Å². The molecule has 1 aromatic carbocycles. The van der Waals surface area contributed by atoms with Crippen molar-refractivity contribution < 1.29 is 18.3 Å². The number of aromatic nitrogens is 4. The number of hydrogen-bond acceptors (Lipinski definition) is 5. The first-order valence-electron chi connectivity index (χ1n) is 7.31. The number of halogens is 3. The molecule has 3 N–H and O–H groups in total. The van der Waals surface area contributed by atoms with Crippen molar-refractivity contribution in [2.24, 2.45) is 0 Å². The smallest absolute Gasteiger partial charge is 0.187 e. The summed E-state index contributed by atoms with van der Waals surface area (Å²) in [6, 6.07) is 4.57. The molecule has 0 bridgehead atoms. The Labute approximate surface area is 140 Å². The summed E-state index contributed by atoms with van der Waals surface area (Å²) in [5.74, 6) is -2.86. The number of anilines is 2. The fraction of sp³-hybridized carbons (Fsp3) is 0.188. The van der Waals surface area contributed by atoms with Gasteiger partial charge in [-0.2, -0.15) is 5.10 Å². The summed E-state index contributed by atoms with van der Waals surface area (Å²) < 4.78 is 40.6. The number of nitrogens with one attached hydrogen (secondary N) is 2. The maximum atomic E-state index is 14.2. The quantitative estimate of drug-likeness (QED) is 0.674. The largest absolute Gasteiger partial charge is 0.380 e. The molecule has 2 heterocycles. The average molecular weight is 349 g/mol. The van der Waals surface area contributed by atoms with Crippen LogP contribution in [0.15, 0.2) is 24.3 Å². The minimum atomic E-state index is -1.45. The molecule has 0 spiro atoms. The zero-order valence-electron chi connectivity index (χ0n) is 13.3. The van der Waals surface area contributed by atoms with E-state index in [1.165, 1.54) is 13.0 Å². The van der Waals surface area contributed by atoms with E-state index >= 15 is 0 Å². The Morgan fingerprint density at radius 1 is 1.08 bits per heavy atom. The zero-order chi connectivity index (χ0) is 18.1. The van der Waals surface area contributed by atoms with Crippen LogP contribution in [0.1, 0.15) is 28.9 Å². The topological polar surface area (TPSA) is 86.7 Å². The first-order chi connectivity index (χ1) is 11.8. The molecule has 0 amide bonds. The highest BCUT2D eigenvalue weighted by molar-refractivity contribution is 5.53. The van der Waals surface area contributed by atoms with Crippen molar-refractivity contribution in [2.45, 2.75) is 20.0 Å². The van der Waals surface area contributed by atoms with E-state index in [0.717, 1.165) is 17.8 Å². The number of hydrogen-bond donors (Lipinski definition) is 3. The SMILES string of the molecule is Cc1cc(Nc2nc(C(O)c3ccc(F)c(F)c3)nc(C)c2F)n[nH]1. The molecule has 1 atom stereocenters. The van der Waals surface area contributed by atoms with Crippen LogP contribution in [0.2, 0.25) is 0 Å². The fourth-order valence-electron chi connectivity index (χ4n) is 2.22. The van der Waals surface area contributed by atoms with Crippen molar-refractivity contribution in [1.82, 2.24) is 20.2 Å². The monoisotopic (exact) mass is 349 g/mol. The summed E-state index contributed by atoms with van der Waals surface area (Å²) in [4.78, 5) is 7.84. The van der Waals surface area contributed by atoms with Gasteiger partial charge in [0, 0.05) is 11.8 Å². The summed E-state index contributed by atoms with van der Waals surface area (Å²) >= 11 is 0. The highest BCUT2D eigenvalue weighted by Crippen LogP contribution is 2.25. The van der Waals surface area contributed by atoms with Crippen LogP contribution < -0.4 is 5.32 Å². The first kappa shape index (κ1) is 16.9. The third-order valence-corrected chi connectivity index (χ3v) is 3.49. The van der Waals surface area contributed by atoms with E-state index in [1.807, 2.05) is 0 Å². The number of aliphatic hydroxyl groups excluding tert-OH is 1. The average Bonchev–Trinajstić information content (AvgIpc) is 2.98. The molecule has 1 unspecified atom stereocenters. The van der Waals surface area contributed by atoms with E-state index in [1.54, 1.807) is 13.0 Å². The molecule has 130 valence electrons. The molecule has 0 saturated carbocycles. The number of nitrogens with zero attached hydrogens (tertiary/aromatic N) is 3. The Hall–Kier alpha value is -2.94. The number of H-pyrrole nitrogens is 1. The van der Waals surface area contributed by atoms with Crippen LogP contribution in [0.4, 0.5) is 24.8 Å². The molecule has 9 heteroatoms. The standard InChI is InChI=1S/C16H14F3N5O/c1-7-5-12(24-23-7)21-15-13(19)8(2)20-16(22-15)14(25)9-3-4-10(17)11(18)6-9/h3-6,14,25H,1-2H3,(H2,20,21,22,23,24). The number of aryl methyl sites for hydroxylation is 2. The Morgan fingerprint density at radius 3 is 2.48 bits per heavy atom.